The Balaban J connectivity index is 2.01. The Morgan fingerprint density at radius 1 is 1.52 bits per heavy atom. The second-order valence-corrected chi connectivity index (χ2v) is 5.50. The van der Waals surface area contributed by atoms with Gasteiger partial charge in [0, 0.05) is 37.6 Å². The third-order valence-corrected chi connectivity index (χ3v) is 3.47. The summed E-state index contributed by atoms with van der Waals surface area (Å²) in [4.78, 5) is 10.3. The summed E-state index contributed by atoms with van der Waals surface area (Å²) in [7, 11) is 0. The Kier molecular flexibility index (Phi) is 4.80. The van der Waals surface area contributed by atoms with E-state index >= 15 is 0 Å². The zero-order valence-corrected chi connectivity index (χ0v) is 12.7. The quantitative estimate of drug-likeness (QED) is 0.654. The van der Waals surface area contributed by atoms with Crippen molar-refractivity contribution in [3.8, 4) is 0 Å². The van der Waals surface area contributed by atoms with E-state index < -0.39 is 4.92 Å². The van der Waals surface area contributed by atoms with Gasteiger partial charge in [-0.05, 0) is 24.5 Å². The average Bonchev–Trinajstić information content (AvgIpc) is 2.90. The molecule has 0 radical (unpaired) electrons. The molecule has 1 aromatic carbocycles. The van der Waals surface area contributed by atoms with Gasteiger partial charge in [0.1, 0.15) is 0 Å². The molecule has 0 fully saturated rings. The Morgan fingerprint density at radius 2 is 2.29 bits per heavy atom. The minimum absolute atomic E-state index is 0.00707. The summed E-state index contributed by atoms with van der Waals surface area (Å²) in [6, 6.07) is 4.78. The van der Waals surface area contributed by atoms with E-state index in [2.05, 4.69) is 17.3 Å². The van der Waals surface area contributed by atoms with Crippen LogP contribution in [0.3, 0.4) is 0 Å². The number of hydrogen-bond acceptors (Lipinski definition) is 4. The summed E-state index contributed by atoms with van der Waals surface area (Å²) >= 11 is 6.12. The molecule has 21 heavy (non-hydrogen) atoms. The molecule has 0 aliphatic rings. The number of anilines is 1. The van der Waals surface area contributed by atoms with Gasteiger partial charge in [-0.1, -0.05) is 18.5 Å². The molecule has 0 amide bonds. The first-order valence-corrected chi connectivity index (χ1v) is 7.01. The van der Waals surface area contributed by atoms with Gasteiger partial charge in [-0.15, -0.1) is 0 Å². The number of nitrogens with zero attached hydrogens (tertiary/aromatic N) is 3. The summed E-state index contributed by atoms with van der Waals surface area (Å²) < 4.78 is 1.87. The van der Waals surface area contributed by atoms with Crippen LogP contribution in [0.5, 0.6) is 0 Å². The first-order chi connectivity index (χ1) is 9.97. The first kappa shape index (κ1) is 15.3. The molecule has 0 aliphatic heterocycles. The number of halogens is 1. The number of hydrogen-bond donors (Lipinski definition) is 1. The number of rotatable bonds is 6. The largest absolute Gasteiger partial charge is 0.383 e. The van der Waals surface area contributed by atoms with Crippen LogP contribution in [0, 0.1) is 23.0 Å². The van der Waals surface area contributed by atoms with Crippen LogP contribution in [-0.2, 0) is 6.54 Å². The summed E-state index contributed by atoms with van der Waals surface area (Å²) in [5.74, 6) is 0.343. The third kappa shape index (κ3) is 3.95. The lowest BCUT2D eigenvalue weighted by atomic mass is 10.1. The van der Waals surface area contributed by atoms with Gasteiger partial charge in [0.15, 0.2) is 0 Å². The summed E-state index contributed by atoms with van der Waals surface area (Å²) in [6.07, 6.45) is 3.66. The molecule has 0 saturated carbocycles. The highest BCUT2D eigenvalue weighted by atomic mass is 35.5. The van der Waals surface area contributed by atoms with Crippen molar-refractivity contribution in [1.82, 2.24) is 9.78 Å². The van der Waals surface area contributed by atoms with Crippen molar-refractivity contribution in [2.45, 2.75) is 20.4 Å². The highest BCUT2D eigenvalue weighted by Gasteiger charge is 2.14. The van der Waals surface area contributed by atoms with Gasteiger partial charge in [0.25, 0.3) is 5.69 Å². The van der Waals surface area contributed by atoms with E-state index in [9.17, 15) is 10.1 Å². The van der Waals surface area contributed by atoms with Gasteiger partial charge in [-0.2, -0.15) is 5.10 Å². The van der Waals surface area contributed by atoms with Crippen molar-refractivity contribution < 1.29 is 4.92 Å². The van der Waals surface area contributed by atoms with Gasteiger partial charge in [-0.3, -0.25) is 14.8 Å². The van der Waals surface area contributed by atoms with Crippen LogP contribution in [0.15, 0.2) is 30.6 Å². The monoisotopic (exact) mass is 308 g/mol. The molecule has 0 saturated heterocycles. The molecule has 2 rings (SSSR count). The minimum Gasteiger partial charge on any atom is -0.383 e. The molecule has 1 aromatic heterocycles. The fourth-order valence-corrected chi connectivity index (χ4v) is 2.45. The number of benzene rings is 1. The second-order valence-electron chi connectivity index (χ2n) is 5.09. The average molecular weight is 309 g/mol. The van der Waals surface area contributed by atoms with Crippen molar-refractivity contribution >= 4 is 23.0 Å². The number of nitro groups is 1. The van der Waals surface area contributed by atoms with Crippen molar-refractivity contribution in [2.24, 2.45) is 5.92 Å². The maximum absolute atomic E-state index is 10.8. The van der Waals surface area contributed by atoms with Crippen molar-refractivity contribution in [3.63, 3.8) is 0 Å². The van der Waals surface area contributed by atoms with Crippen LogP contribution in [0.2, 0.25) is 5.02 Å². The second kappa shape index (κ2) is 6.58. The SMILES string of the molecule is Cc1cc([N+](=O)[O-])cc(Cl)c1NCC(C)Cn1cccn1. The Labute approximate surface area is 127 Å². The smallest absolute Gasteiger partial charge is 0.271 e. The van der Waals surface area contributed by atoms with Crippen LogP contribution in [0.4, 0.5) is 11.4 Å². The topological polar surface area (TPSA) is 73.0 Å². The molecule has 0 aliphatic carbocycles. The van der Waals surface area contributed by atoms with E-state index in [-0.39, 0.29) is 5.69 Å². The van der Waals surface area contributed by atoms with Gasteiger partial charge in [0.2, 0.25) is 0 Å². The van der Waals surface area contributed by atoms with Crippen LogP contribution in [0.25, 0.3) is 0 Å². The highest BCUT2D eigenvalue weighted by molar-refractivity contribution is 6.33. The van der Waals surface area contributed by atoms with Crippen molar-refractivity contribution in [3.05, 3.63) is 51.3 Å². The molecule has 112 valence electrons. The first-order valence-electron chi connectivity index (χ1n) is 6.63. The normalized spacial score (nSPS) is 12.1. The Bertz CT molecular complexity index is 605. The van der Waals surface area contributed by atoms with Gasteiger partial charge in [-0.25, -0.2) is 0 Å². The van der Waals surface area contributed by atoms with Crippen molar-refractivity contribution in [2.75, 3.05) is 11.9 Å². The van der Waals surface area contributed by atoms with Crippen molar-refractivity contribution in [1.29, 1.82) is 0 Å². The molecule has 6 nitrogen and oxygen atoms in total. The minimum atomic E-state index is -0.441. The van der Waals surface area contributed by atoms with Gasteiger partial charge in [0.05, 0.1) is 15.6 Å². The molecule has 0 bridgehead atoms. The molecule has 0 spiro atoms. The van der Waals surface area contributed by atoms with Crippen LogP contribution in [-0.4, -0.2) is 21.2 Å². The molecular formula is C14H17ClN4O2. The number of non-ortho nitro benzene ring substituents is 1. The Hall–Kier alpha value is -2.08. The van der Waals surface area contributed by atoms with Crippen LogP contribution >= 0.6 is 11.6 Å². The van der Waals surface area contributed by atoms with Gasteiger partial charge >= 0.3 is 0 Å². The van der Waals surface area contributed by atoms with E-state index in [0.717, 1.165) is 17.8 Å². The van der Waals surface area contributed by atoms with E-state index in [4.69, 9.17) is 11.6 Å². The number of aromatic nitrogens is 2. The molecule has 1 heterocycles. The fourth-order valence-electron chi connectivity index (χ4n) is 2.12. The molecule has 1 atom stereocenters. The molecule has 2 aromatic rings. The number of nitro benzene ring substituents is 1. The summed E-state index contributed by atoms with van der Waals surface area (Å²) in [5, 5.41) is 18.6. The third-order valence-electron chi connectivity index (χ3n) is 3.17. The zero-order valence-electron chi connectivity index (χ0n) is 11.9. The van der Waals surface area contributed by atoms with E-state index in [0.29, 0.717) is 17.5 Å². The zero-order chi connectivity index (χ0) is 15.4. The lowest BCUT2D eigenvalue weighted by Gasteiger charge is -2.16. The molecular weight excluding hydrogens is 292 g/mol. The van der Waals surface area contributed by atoms with E-state index in [1.165, 1.54) is 12.1 Å². The van der Waals surface area contributed by atoms with Crippen LogP contribution < -0.4 is 5.32 Å². The fraction of sp³-hybridized carbons (Fsp3) is 0.357. The predicted octanol–water partition coefficient (Wildman–Crippen LogP) is 3.50. The maximum Gasteiger partial charge on any atom is 0.271 e. The maximum atomic E-state index is 10.8. The highest BCUT2D eigenvalue weighted by Crippen LogP contribution is 2.30. The predicted molar refractivity (Wildman–Crippen MR) is 82.7 cm³/mol. The van der Waals surface area contributed by atoms with Crippen LogP contribution in [0.1, 0.15) is 12.5 Å². The lowest BCUT2D eigenvalue weighted by molar-refractivity contribution is -0.384. The molecule has 1 unspecified atom stereocenters. The summed E-state index contributed by atoms with van der Waals surface area (Å²) in [6.45, 7) is 5.41. The van der Waals surface area contributed by atoms with Gasteiger partial charge < -0.3 is 5.32 Å². The number of nitrogens with one attached hydrogen (secondary N) is 1. The lowest BCUT2D eigenvalue weighted by Crippen LogP contribution is -2.18. The molecule has 7 heteroatoms. The number of aryl methyl sites for hydroxylation is 1. The summed E-state index contributed by atoms with van der Waals surface area (Å²) in [5.41, 5.74) is 1.52. The van der Waals surface area contributed by atoms with E-state index in [1.54, 1.807) is 13.1 Å². The molecule has 1 N–H and O–H groups in total. The standard InChI is InChI=1S/C14H17ClN4O2/c1-10(9-18-5-3-4-17-18)8-16-14-11(2)6-12(19(20)21)7-13(14)15/h3-7,10,16H,8-9H2,1-2H3. The Morgan fingerprint density at radius 3 is 2.86 bits per heavy atom. The van der Waals surface area contributed by atoms with E-state index in [1.807, 2.05) is 16.9 Å².